The van der Waals surface area contributed by atoms with Crippen molar-refractivity contribution in [2.45, 2.75) is 19.8 Å². The fourth-order valence-electron chi connectivity index (χ4n) is 1.99. The van der Waals surface area contributed by atoms with Crippen LogP contribution in [0.15, 0.2) is 36.4 Å². The van der Waals surface area contributed by atoms with E-state index in [1.165, 1.54) is 5.56 Å². The molecule has 0 unspecified atom stereocenters. The molecule has 1 aliphatic rings. The van der Waals surface area contributed by atoms with Gasteiger partial charge in [0.25, 0.3) is 0 Å². The van der Waals surface area contributed by atoms with Crippen LogP contribution in [0.4, 0.5) is 0 Å². The van der Waals surface area contributed by atoms with E-state index in [0.29, 0.717) is 6.54 Å². The van der Waals surface area contributed by atoms with E-state index in [4.69, 9.17) is 4.74 Å². The molecule has 0 saturated carbocycles. The molecule has 3 heteroatoms. The first-order valence-electron chi connectivity index (χ1n) is 6.62. The van der Waals surface area contributed by atoms with Gasteiger partial charge < -0.3 is 10.1 Å². The molecule has 2 rings (SSSR count). The molecular weight excluding hydrogens is 238 g/mol. The van der Waals surface area contributed by atoms with E-state index < -0.39 is 0 Å². The Morgan fingerprint density at radius 1 is 1.47 bits per heavy atom. The number of ether oxygens (including phenoxy) is 1. The van der Waals surface area contributed by atoms with Crippen molar-refractivity contribution >= 4 is 12.0 Å². The van der Waals surface area contributed by atoms with E-state index in [-0.39, 0.29) is 5.91 Å². The Morgan fingerprint density at radius 3 is 3.21 bits per heavy atom. The molecule has 0 spiro atoms. The van der Waals surface area contributed by atoms with Crippen molar-refractivity contribution in [3.05, 3.63) is 47.6 Å². The Morgan fingerprint density at radius 2 is 2.37 bits per heavy atom. The highest BCUT2D eigenvalue weighted by Gasteiger charge is 2.10. The molecule has 0 aromatic heterocycles. The molecule has 100 valence electrons. The smallest absolute Gasteiger partial charge is 0.244 e. The van der Waals surface area contributed by atoms with E-state index >= 15 is 0 Å². The van der Waals surface area contributed by atoms with E-state index in [0.717, 1.165) is 30.8 Å². The van der Waals surface area contributed by atoms with Crippen LogP contribution in [-0.4, -0.2) is 19.1 Å². The Kier molecular flexibility index (Phi) is 4.78. The van der Waals surface area contributed by atoms with Gasteiger partial charge in [0.2, 0.25) is 5.91 Å². The molecule has 1 aromatic carbocycles. The van der Waals surface area contributed by atoms with E-state index in [1.54, 1.807) is 6.08 Å². The Balaban J connectivity index is 1.86. The minimum absolute atomic E-state index is 0.0544. The number of benzene rings is 1. The van der Waals surface area contributed by atoms with Gasteiger partial charge >= 0.3 is 0 Å². The van der Waals surface area contributed by atoms with Crippen LogP contribution >= 0.6 is 0 Å². The Labute approximate surface area is 114 Å². The maximum Gasteiger partial charge on any atom is 0.244 e. The fourth-order valence-corrected chi connectivity index (χ4v) is 1.99. The van der Waals surface area contributed by atoms with Crippen LogP contribution in [0.5, 0.6) is 5.75 Å². The van der Waals surface area contributed by atoms with Crippen molar-refractivity contribution in [3.63, 3.8) is 0 Å². The minimum atomic E-state index is -0.0544. The summed E-state index contributed by atoms with van der Waals surface area (Å²) in [7, 11) is 0. The second-order valence-corrected chi connectivity index (χ2v) is 4.45. The van der Waals surface area contributed by atoms with Gasteiger partial charge in [-0.1, -0.05) is 18.2 Å². The first-order chi connectivity index (χ1) is 9.29. The lowest BCUT2D eigenvalue weighted by Crippen LogP contribution is -2.21. The van der Waals surface area contributed by atoms with Gasteiger partial charge in [0.15, 0.2) is 0 Å². The van der Waals surface area contributed by atoms with Crippen LogP contribution in [0.25, 0.3) is 6.08 Å². The summed E-state index contributed by atoms with van der Waals surface area (Å²) in [5, 5.41) is 2.84. The molecular formula is C16H19NO2. The molecule has 1 heterocycles. The van der Waals surface area contributed by atoms with E-state index in [9.17, 15) is 4.79 Å². The van der Waals surface area contributed by atoms with Gasteiger partial charge in [0.05, 0.1) is 6.61 Å². The van der Waals surface area contributed by atoms with Gasteiger partial charge in [-0.25, -0.2) is 0 Å². The number of rotatable bonds is 5. The first-order valence-corrected chi connectivity index (χ1v) is 6.62. The van der Waals surface area contributed by atoms with Crippen molar-refractivity contribution in [3.8, 4) is 5.75 Å². The molecule has 0 aliphatic carbocycles. The van der Waals surface area contributed by atoms with Gasteiger partial charge in [-0.3, -0.25) is 4.79 Å². The second-order valence-electron chi connectivity index (χ2n) is 4.45. The summed E-state index contributed by atoms with van der Waals surface area (Å²) in [5.74, 6) is 0.911. The standard InChI is InChI=1S/C16H19NO2/c1-2-3-4-10-17-16(18)8-6-13-5-7-15-14(12-13)9-11-19-15/h2-3,5-8,12H,4,9-11H2,1H3,(H,17,18)/b3-2+,8-6+. The van der Waals surface area contributed by atoms with Crippen LogP contribution < -0.4 is 10.1 Å². The summed E-state index contributed by atoms with van der Waals surface area (Å²) in [6.07, 6.45) is 9.24. The zero-order valence-electron chi connectivity index (χ0n) is 11.2. The number of hydrogen-bond donors (Lipinski definition) is 1. The molecule has 0 radical (unpaired) electrons. The molecule has 1 N–H and O–H groups in total. The quantitative estimate of drug-likeness (QED) is 0.500. The number of carbonyl (C=O) groups excluding carboxylic acids is 1. The lowest BCUT2D eigenvalue weighted by atomic mass is 10.1. The summed E-state index contributed by atoms with van der Waals surface area (Å²) in [5.41, 5.74) is 2.25. The molecule has 0 saturated heterocycles. The van der Waals surface area contributed by atoms with Crippen molar-refractivity contribution in [1.29, 1.82) is 0 Å². The Hall–Kier alpha value is -2.03. The van der Waals surface area contributed by atoms with Crippen LogP contribution in [0.1, 0.15) is 24.5 Å². The normalized spacial score (nSPS) is 13.7. The van der Waals surface area contributed by atoms with Gasteiger partial charge in [-0.2, -0.15) is 0 Å². The largest absolute Gasteiger partial charge is 0.493 e. The third-order valence-corrected chi connectivity index (χ3v) is 2.99. The van der Waals surface area contributed by atoms with E-state index in [2.05, 4.69) is 11.4 Å². The number of allylic oxidation sites excluding steroid dienone is 1. The molecule has 1 aliphatic heterocycles. The van der Waals surface area contributed by atoms with Gasteiger partial charge in [-0.05, 0) is 42.7 Å². The molecule has 19 heavy (non-hydrogen) atoms. The number of carbonyl (C=O) groups is 1. The zero-order chi connectivity index (χ0) is 13.5. The maximum absolute atomic E-state index is 11.6. The van der Waals surface area contributed by atoms with Crippen molar-refractivity contribution in [1.82, 2.24) is 5.32 Å². The summed E-state index contributed by atoms with van der Waals surface area (Å²) in [4.78, 5) is 11.6. The highest BCUT2D eigenvalue weighted by atomic mass is 16.5. The predicted octanol–water partition coefficient (Wildman–Crippen LogP) is 2.72. The second kappa shape index (κ2) is 6.78. The summed E-state index contributed by atoms with van der Waals surface area (Å²) in [6.45, 7) is 3.40. The zero-order valence-corrected chi connectivity index (χ0v) is 11.2. The summed E-state index contributed by atoms with van der Waals surface area (Å²) >= 11 is 0. The molecule has 1 aromatic rings. The van der Waals surface area contributed by atoms with Gasteiger partial charge in [-0.15, -0.1) is 0 Å². The number of amides is 1. The predicted molar refractivity (Wildman–Crippen MR) is 77.1 cm³/mol. The van der Waals surface area contributed by atoms with Crippen molar-refractivity contribution < 1.29 is 9.53 Å². The number of fused-ring (bicyclic) bond motifs is 1. The van der Waals surface area contributed by atoms with Crippen molar-refractivity contribution in [2.75, 3.05) is 13.2 Å². The lowest BCUT2D eigenvalue weighted by molar-refractivity contribution is -0.116. The summed E-state index contributed by atoms with van der Waals surface area (Å²) in [6, 6.07) is 6.01. The highest BCUT2D eigenvalue weighted by molar-refractivity contribution is 5.91. The monoisotopic (exact) mass is 257 g/mol. The third kappa shape index (κ3) is 3.98. The first kappa shape index (κ1) is 13.4. The van der Waals surface area contributed by atoms with Crippen LogP contribution in [0.2, 0.25) is 0 Å². The van der Waals surface area contributed by atoms with Gasteiger partial charge in [0.1, 0.15) is 5.75 Å². The average Bonchev–Trinajstić information content (AvgIpc) is 2.89. The van der Waals surface area contributed by atoms with Gasteiger partial charge in [0, 0.05) is 19.0 Å². The number of hydrogen-bond acceptors (Lipinski definition) is 2. The third-order valence-electron chi connectivity index (χ3n) is 2.99. The maximum atomic E-state index is 11.6. The topological polar surface area (TPSA) is 38.3 Å². The molecule has 3 nitrogen and oxygen atoms in total. The molecule has 0 fully saturated rings. The average molecular weight is 257 g/mol. The van der Waals surface area contributed by atoms with Crippen LogP contribution in [0, 0.1) is 0 Å². The molecule has 0 atom stereocenters. The minimum Gasteiger partial charge on any atom is -0.493 e. The van der Waals surface area contributed by atoms with E-state index in [1.807, 2.05) is 37.3 Å². The molecule has 0 bridgehead atoms. The Bertz CT molecular complexity index is 503. The highest BCUT2D eigenvalue weighted by Crippen LogP contribution is 2.26. The number of nitrogens with one attached hydrogen (secondary N) is 1. The summed E-state index contributed by atoms with van der Waals surface area (Å²) < 4.78 is 5.45. The van der Waals surface area contributed by atoms with Crippen LogP contribution in [0.3, 0.4) is 0 Å². The van der Waals surface area contributed by atoms with Crippen molar-refractivity contribution in [2.24, 2.45) is 0 Å². The fraction of sp³-hybridized carbons (Fsp3) is 0.312. The lowest BCUT2D eigenvalue weighted by Gasteiger charge is -2.00. The van der Waals surface area contributed by atoms with Crippen LogP contribution in [-0.2, 0) is 11.2 Å². The molecule has 1 amide bonds. The SMILES string of the molecule is C/C=C/CCNC(=O)/C=C/c1ccc2c(c1)CCO2.